The highest BCUT2D eigenvalue weighted by Gasteiger charge is 2.36. The number of ether oxygens (including phenoxy) is 3. The number of aliphatic imine (C=N–C) groups is 1. The highest BCUT2D eigenvalue weighted by molar-refractivity contribution is 7.20. The number of methoxy groups -OCH3 is 1. The van der Waals surface area contributed by atoms with Crippen molar-refractivity contribution in [3.63, 3.8) is 0 Å². The first-order valence-corrected chi connectivity index (χ1v) is 10.8. The molecule has 1 aromatic heterocycles. The Labute approximate surface area is 179 Å². The van der Waals surface area contributed by atoms with Crippen LogP contribution in [0.3, 0.4) is 0 Å². The molecule has 0 saturated carbocycles. The van der Waals surface area contributed by atoms with Gasteiger partial charge >= 0.3 is 5.97 Å². The summed E-state index contributed by atoms with van der Waals surface area (Å²) in [6.07, 6.45) is 3.94. The molecule has 8 heteroatoms. The zero-order valence-electron chi connectivity index (χ0n) is 17.0. The Morgan fingerprint density at radius 2 is 2.17 bits per heavy atom. The van der Waals surface area contributed by atoms with Crippen LogP contribution in [-0.4, -0.2) is 45.6 Å². The molecule has 0 atom stereocenters. The quantitative estimate of drug-likeness (QED) is 0.492. The molecule has 4 heterocycles. The van der Waals surface area contributed by atoms with Crippen LogP contribution in [0.4, 0.5) is 10.0 Å². The largest absolute Gasteiger partial charge is 0.493 e. The van der Waals surface area contributed by atoms with Crippen molar-refractivity contribution in [2.45, 2.75) is 25.7 Å². The molecule has 0 amide bonds. The molecular formula is C22H23N3O4S. The predicted molar refractivity (Wildman–Crippen MR) is 116 cm³/mol. The van der Waals surface area contributed by atoms with Crippen molar-refractivity contribution >= 4 is 33.5 Å². The normalized spacial score (nSPS) is 15.2. The van der Waals surface area contributed by atoms with Gasteiger partial charge in [-0.1, -0.05) is 11.3 Å². The summed E-state index contributed by atoms with van der Waals surface area (Å²) < 4.78 is 15.8. The molecule has 2 aromatic rings. The Hall–Kier alpha value is -3.05. The van der Waals surface area contributed by atoms with Crippen LogP contribution < -0.4 is 14.4 Å². The fraction of sp³-hybridized carbons (Fsp3) is 0.409. The zero-order valence-corrected chi connectivity index (χ0v) is 17.8. The van der Waals surface area contributed by atoms with Gasteiger partial charge in [0.2, 0.25) is 0 Å². The van der Waals surface area contributed by atoms with E-state index in [2.05, 4.69) is 16.0 Å². The molecule has 1 aromatic carbocycles. The highest BCUT2D eigenvalue weighted by atomic mass is 32.1. The van der Waals surface area contributed by atoms with E-state index < -0.39 is 5.97 Å². The number of esters is 1. The van der Waals surface area contributed by atoms with Crippen molar-refractivity contribution in [2.24, 2.45) is 4.99 Å². The standard InChI is InChI=1S/C22H23N3O4S/c1-3-28-19(26)13-29-18-10-14(4-5-17(18)27-2)12-24-21-16(11-23)20-15-6-8-25(9-7-15)22(20)30-21/h4-5,10,12,15H,3,6-9,13H2,1-2H3. The number of rotatable bonds is 7. The second kappa shape index (κ2) is 8.76. The highest BCUT2D eigenvalue weighted by Crippen LogP contribution is 2.52. The fourth-order valence-corrected chi connectivity index (χ4v) is 5.20. The second-order valence-corrected chi connectivity index (χ2v) is 8.11. The number of hydrogen-bond acceptors (Lipinski definition) is 8. The van der Waals surface area contributed by atoms with Gasteiger partial charge < -0.3 is 19.1 Å². The molecule has 156 valence electrons. The maximum Gasteiger partial charge on any atom is 0.344 e. The molecule has 1 saturated heterocycles. The lowest BCUT2D eigenvalue weighted by atomic mass is 9.84. The minimum atomic E-state index is -0.439. The molecular weight excluding hydrogens is 402 g/mol. The first-order chi connectivity index (χ1) is 14.6. The van der Waals surface area contributed by atoms with E-state index in [0.717, 1.165) is 36.5 Å². The van der Waals surface area contributed by atoms with Crippen LogP contribution in [0.2, 0.25) is 0 Å². The first-order valence-electron chi connectivity index (χ1n) is 9.96. The fourth-order valence-electron chi connectivity index (χ4n) is 3.96. The summed E-state index contributed by atoms with van der Waals surface area (Å²) in [6.45, 7) is 3.97. The molecule has 0 spiro atoms. The third-order valence-electron chi connectivity index (χ3n) is 5.38. The van der Waals surface area contributed by atoms with E-state index in [-0.39, 0.29) is 6.61 Å². The van der Waals surface area contributed by atoms with Gasteiger partial charge in [-0.3, -0.25) is 0 Å². The number of thiophene rings is 1. The van der Waals surface area contributed by atoms with Crippen LogP contribution in [-0.2, 0) is 9.53 Å². The lowest BCUT2D eigenvalue weighted by molar-refractivity contribution is -0.145. The summed E-state index contributed by atoms with van der Waals surface area (Å²) in [6, 6.07) is 7.75. The summed E-state index contributed by atoms with van der Waals surface area (Å²) in [5, 5.41) is 11.7. The summed E-state index contributed by atoms with van der Waals surface area (Å²) in [5.41, 5.74) is 2.67. The third-order valence-corrected chi connectivity index (χ3v) is 6.55. The van der Waals surface area contributed by atoms with Gasteiger partial charge in [-0.2, -0.15) is 5.26 Å². The van der Waals surface area contributed by atoms with Gasteiger partial charge in [0.25, 0.3) is 0 Å². The molecule has 3 aliphatic rings. The minimum absolute atomic E-state index is 0.196. The van der Waals surface area contributed by atoms with Crippen molar-refractivity contribution < 1.29 is 19.0 Å². The Morgan fingerprint density at radius 3 is 2.87 bits per heavy atom. The first kappa shape index (κ1) is 20.2. The topological polar surface area (TPSA) is 84.2 Å². The second-order valence-electron chi connectivity index (χ2n) is 7.14. The molecule has 3 aliphatic heterocycles. The lowest BCUT2D eigenvalue weighted by Gasteiger charge is -2.39. The summed E-state index contributed by atoms with van der Waals surface area (Å²) in [5.74, 6) is 0.990. The van der Waals surface area contributed by atoms with Gasteiger partial charge in [-0.15, -0.1) is 0 Å². The Morgan fingerprint density at radius 1 is 1.37 bits per heavy atom. The summed E-state index contributed by atoms with van der Waals surface area (Å²) >= 11 is 1.59. The number of anilines is 1. The van der Waals surface area contributed by atoms with Gasteiger partial charge in [0, 0.05) is 24.9 Å². The molecule has 30 heavy (non-hydrogen) atoms. The minimum Gasteiger partial charge on any atom is -0.493 e. The molecule has 0 radical (unpaired) electrons. The molecule has 5 rings (SSSR count). The van der Waals surface area contributed by atoms with Crippen molar-refractivity contribution in [2.75, 3.05) is 38.3 Å². The molecule has 2 bridgehead atoms. The van der Waals surface area contributed by atoms with Crippen molar-refractivity contribution in [3.8, 4) is 17.6 Å². The van der Waals surface area contributed by atoms with Crippen LogP contribution >= 0.6 is 11.3 Å². The predicted octanol–water partition coefficient (Wildman–Crippen LogP) is 4.02. The number of fused-ring (bicyclic) bond motifs is 2. The number of piperidine rings is 1. The maximum absolute atomic E-state index is 11.6. The molecule has 0 aliphatic carbocycles. The maximum atomic E-state index is 11.6. The monoisotopic (exact) mass is 425 g/mol. The van der Waals surface area contributed by atoms with E-state index in [1.165, 1.54) is 10.6 Å². The van der Waals surface area contributed by atoms with E-state index in [1.54, 1.807) is 43.7 Å². The average Bonchev–Trinajstić information content (AvgIpc) is 3.18. The molecule has 0 N–H and O–H groups in total. The third kappa shape index (κ3) is 3.85. The summed E-state index contributed by atoms with van der Waals surface area (Å²) in [7, 11) is 1.54. The van der Waals surface area contributed by atoms with E-state index >= 15 is 0 Å². The van der Waals surface area contributed by atoms with Gasteiger partial charge in [-0.05, 0) is 49.4 Å². The van der Waals surface area contributed by atoms with Gasteiger partial charge in [0.1, 0.15) is 11.1 Å². The number of benzene rings is 1. The van der Waals surface area contributed by atoms with Crippen LogP contribution in [0.5, 0.6) is 11.5 Å². The van der Waals surface area contributed by atoms with Crippen molar-refractivity contribution in [1.82, 2.24) is 0 Å². The smallest absolute Gasteiger partial charge is 0.344 e. The number of carbonyl (C=O) groups is 1. The van der Waals surface area contributed by atoms with Crippen LogP contribution in [0, 0.1) is 11.3 Å². The Bertz CT molecular complexity index is 1020. The van der Waals surface area contributed by atoms with E-state index in [9.17, 15) is 10.1 Å². The lowest BCUT2D eigenvalue weighted by Crippen LogP contribution is -2.37. The molecule has 1 fully saturated rings. The number of nitrogens with zero attached hydrogens (tertiary/aromatic N) is 3. The Kier molecular flexibility index (Phi) is 5.91. The molecule has 0 unspecified atom stereocenters. The Balaban J connectivity index is 1.58. The van der Waals surface area contributed by atoms with Crippen LogP contribution in [0.1, 0.15) is 42.4 Å². The van der Waals surface area contributed by atoms with Crippen molar-refractivity contribution in [1.29, 1.82) is 5.26 Å². The van der Waals surface area contributed by atoms with Gasteiger partial charge in [-0.25, -0.2) is 9.79 Å². The number of nitriles is 1. The van der Waals surface area contributed by atoms with Crippen molar-refractivity contribution in [3.05, 3.63) is 34.9 Å². The number of hydrogen-bond donors (Lipinski definition) is 0. The average molecular weight is 426 g/mol. The van der Waals surface area contributed by atoms with Crippen LogP contribution in [0.25, 0.3) is 0 Å². The van der Waals surface area contributed by atoms with E-state index in [4.69, 9.17) is 14.2 Å². The molecule has 7 nitrogen and oxygen atoms in total. The summed E-state index contributed by atoms with van der Waals surface area (Å²) in [4.78, 5) is 18.6. The number of carbonyl (C=O) groups excluding carboxylic acids is 1. The van der Waals surface area contributed by atoms with Gasteiger partial charge in [0.05, 0.1) is 24.3 Å². The van der Waals surface area contributed by atoms with Gasteiger partial charge in [0.15, 0.2) is 18.1 Å². The van der Waals surface area contributed by atoms with Crippen LogP contribution in [0.15, 0.2) is 23.2 Å². The zero-order chi connectivity index (χ0) is 21.1. The van der Waals surface area contributed by atoms with E-state index in [0.29, 0.717) is 29.6 Å². The van der Waals surface area contributed by atoms with E-state index in [1.807, 2.05) is 6.07 Å². The SMILES string of the molecule is CCOC(=O)COc1cc(C=Nc2sc3c(c2C#N)C2CCN3CC2)ccc1OC.